The van der Waals surface area contributed by atoms with Crippen LogP contribution in [0.15, 0.2) is 47.5 Å². The standard InChI is InChI=1S/C17H19N3O3S/c1-2-9-23-13-15-6-4-3-5-14(15)11-20-24(21,22)17-8-7-16(10-18)19-12-17/h3-8,12,20H,2,9,11,13H2,1H3. The van der Waals surface area contributed by atoms with E-state index in [9.17, 15) is 8.42 Å². The van der Waals surface area contributed by atoms with Crippen molar-refractivity contribution in [3.8, 4) is 6.07 Å². The second kappa shape index (κ2) is 8.55. The van der Waals surface area contributed by atoms with Gasteiger partial charge in [-0.3, -0.25) is 0 Å². The van der Waals surface area contributed by atoms with Gasteiger partial charge in [-0.1, -0.05) is 31.2 Å². The van der Waals surface area contributed by atoms with Gasteiger partial charge in [-0.2, -0.15) is 5.26 Å². The van der Waals surface area contributed by atoms with Crippen LogP contribution in [0, 0.1) is 11.3 Å². The fraction of sp³-hybridized carbons (Fsp3) is 0.294. The molecule has 24 heavy (non-hydrogen) atoms. The van der Waals surface area contributed by atoms with Crippen LogP contribution in [0.4, 0.5) is 0 Å². The molecule has 0 spiro atoms. The molecule has 0 bridgehead atoms. The summed E-state index contributed by atoms with van der Waals surface area (Å²) in [6.45, 7) is 3.31. The number of ether oxygens (including phenoxy) is 1. The number of benzene rings is 1. The largest absolute Gasteiger partial charge is 0.377 e. The maximum atomic E-state index is 12.3. The van der Waals surface area contributed by atoms with E-state index in [1.54, 1.807) is 0 Å². The molecule has 0 amide bonds. The summed E-state index contributed by atoms with van der Waals surface area (Å²) in [4.78, 5) is 3.81. The van der Waals surface area contributed by atoms with Crippen LogP contribution in [-0.4, -0.2) is 20.0 Å². The highest BCUT2D eigenvalue weighted by atomic mass is 32.2. The zero-order valence-corrected chi connectivity index (χ0v) is 14.2. The minimum atomic E-state index is -3.69. The van der Waals surface area contributed by atoms with Gasteiger partial charge in [0.1, 0.15) is 16.7 Å². The summed E-state index contributed by atoms with van der Waals surface area (Å²) < 4.78 is 32.7. The van der Waals surface area contributed by atoms with E-state index in [0.717, 1.165) is 17.5 Å². The van der Waals surface area contributed by atoms with Crippen molar-refractivity contribution in [3.05, 3.63) is 59.4 Å². The van der Waals surface area contributed by atoms with Crippen molar-refractivity contribution < 1.29 is 13.2 Å². The van der Waals surface area contributed by atoms with Gasteiger partial charge in [-0.15, -0.1) is 0 Å². The van der Waals surface area contributed by atoms with E-state index >= 15 is 0 Å². The normalized spacial score (nSPS) is 11.2. The first-order chi connectivity index (χ1) is 11.6. The highest BCUT2D eigenvalue weighted by Crippen LogP contribution is 2.13. The summed E-state index contributed by atoms with van der Waals surface area (Å²) in [5, 5.41) is 8.71. The van der Waals surface area contributed by atoms with E-state index in [-0.39, 0.29) is 17.1 Å². The molecule has 6 nitrogen and oxygen atoms in total. The van der Waals surface area contributed by atoms with Crippen LogP contribution in [0.3, 0.4) is 0 Å². The number of rotatable bonds is 8. The molecule has 7 heteroatoms. The third-order valence-corrected chi connectivity index (χ3v) is 4.72. The molecule has 0 unspecified atom stereocenters. The zero-order valence-electron chi connectivity index (χ0n) is 13.4. The molecule has 1 aromatic carbocycles. The fourth-order valence-electron chi connectivity index (χ4n) is 2.06. The number of nitrogens with one attached hydrogen (secondary N) is 1. The van der Waals surface area contributed by atoms with Gasteiger partial charge in [0.15, 0.2) is 0 Å². The van der Waals surface area contributed by atoms with Crippen molar-refractivity contribution in [2.24, 2.45) is 0 Å². The smallest absolute Gasteiger partial charge is 0.242 e. The lowest BCUT2D eigenvalue weighted by Crippen LogP contribution is -2.24. The Balaban J connectivity index is 2.07. The zero-order chi connectivity index (χ0) is 17.4. The predicted molar refractivity (Wildman–Crippen MR) is 89.4 cm³/mol. The van der Waals surface area contributed by atoms with Gasteiger partial charge in [-0.05, 0) is 29.7 Å². The number of hydrogen-bond donors (Lipinski definition) is 1. The molecule has 2 rings (SSSR count). The Bertz CT molecular complexity index is 812. The number of nitriles is 1. The average Bonchev–Trinajstić information content (AvgIpc) is 2.61. The molecule has 0 fully saturated rings. The van der Waals surface area contributed by atoms with Crippen molar-refractivity contribution in [1.29, 1.82) is 5.26 Å². The van der Waals surface area contributed by atoms with Crippen LogP contribution in [0.2, 0.25) is 0 Å². The van der Waals surface area contributed by atoms with E-state index in [1.807, 2.05) is 37.3 Å². The summed E-state index contributed by atoms with van der Waals surface area (Å²) in [6, 6.07) is 12.1. The SMILES string of the molecule is CCCOCc1ccccc1CNS(=O)(=O)c1ccc(C#N)nc1. The van der Waals surface area contributed by atoms with E-state index in [2.05, 4.69) is 9.71 Å². The molecular formula is C17H19N3O3S. The highest BCUT2D eigenvalue weighted by molar-refractivity contribution is 7.89. The summed E-state index contributed by atoms with van der Waals surface area (Å²) in [5.41, 5.74) is 1.98. The van der Waals surface area contributed by atoms with Gasteiger partial charge in [0.2, 0.25) is 10.0 Å². The van der Waals surface area contributed by atoms with Crippen LogP contribution in [0.25, 0.3) is 0 Å². The maximum absolute atomic E-state index is 12.3. The second-order valence-corrected chi connectivity index (χ2v) is 6.90. The lowest BCUT2D eigenvalue weighted by Gasteiger charge is -2.11. The van der Waals surface area contributed by atoms with Crippen LogP contribution in [0.1, 0.15) is 30.2 Å². The molecule has 1 N–H and O–H groups in total. The topological polar surface area (TPSA) is 92.1 Å². The van der Waals surface area contributed by atoms with E-state index in [4.69, 9.17) is 10.00 Å². The molecule has 0 atom stereocenters. The van der Waals surface area contributed by atoms with Gasteiger partial charge < -0.3 is 4.74 Å². The Morgan fingerprint density at radius 3 is 2.58 bits per heavy atom. The molecule has 1 heterocycles. The number of sulfonamides is 1. The Labute approximate surface area is 142 Å². The third-order valence-electron chi connectivity index (χ3n) is 3.34. The van der Waals surface area contributed by atoms with Crippen molar-refractivity contribution in [3.63, 3.8) is 0 Å². The Morgan fingerprint density at radius 2 is 1.96 bits per heavy atom. The minimum absolute atomic E-state index is 0.0289. The van der Waals surface area contributed by atoms with Gasteiger partial charge in [-0.25, -0.2) is 18.1 Å². The van der Waals surface area contributed by atoms with E-state index < -0.39 is 10.0 Å². The molecule has 1 aromatic heterocycles. The molecule has 0 aliphatic rings. The van der Waals surface area contributed by atoms with Gasteiger partial charge in [0.25, 0.3) is 0 Å². The van der Waals surface area contributed by atoms with Crippen LogP contribution < -0.4 is 4.72 Å². The van der Waals surface area contributed by atoms with Crippen molar-refractivity contribution >= 4 is 10.0 Å². The molecule has 0 saturated carbocycles. The number of hydrogen-bond acceptors (Lipinski definition) is 5. The summed E-state index contributed by atoms with van der Waals surface area (Å²) in [5.74, 6) is 0. The second-order valence-electron chi connectivity index (χ2n) is 5.14. The number of pyridine rings is 1. The Morgan fingerprint density at radius 1 is 1.21 bits per heavy atom. The van der Waals surface area contributed by atoms with E-state index in [0.29, 0.717) is 13.2 Å². The monoisotopic (exact) mass is 345 g/mol. The summed E-state index contributed by atoms with van der Waals surface area (Å²) >= 11 is 0. The molecule has 126 valence electrons. The van der Waals surface area contributed by atoms with Crippen LogP contribution in [-0.2, 0) is 27.9 Å². The van der Waals surface area contributed by atoms with Gasteiger partial charge in [0, 0.05) is 19.3 Å². The van der Waals surface area contributed by atoms with Crippen molar-refractivity contribution in [1.82, 2.24) is 9.71 Å². The summed E-state index contributed by atoms with van der Waals surface area (Å²) in [7, 11) is -3.69. The summed E-state index contributed by atoms with van der Waals surface area (Å²) in [6.07, 6.45) is 2.11. The lowest BCUT2D eigenvalue weighted by atomic mass is 10.1. The number of nitrogens with zero attached hydrogens (tertiary/aromatic N) is 2. The lowest BCUT2D eigenvalue weighted by molar-refractivity contribution is 0.121. The van der Waals surface area contributed by atoms with E-state index in [1.165, 1.54) is 18.3 Å². The maximum Gasteiger partial charge on any atom is 0.242 e. The molecular weight excluding hydrogens is 326 g/mol. The molecule has 0 radical (unpaired) electrons. The van der Waals surface area contributed by atoms with Crippen molar-refractivity contribution in [2.45, 2.75) is 31.4 Å². The third kappa shape index (κ3) is 4.86. The molecule has 0 aliphatic carbocycles. The fourth-order valence-corrected chi connectivity index (χ4v) is 3.01. The quantitative estimate of drug-likeness (QED) is 0.742. The minimum Gasteiger partial charge on any atom is -0.377 e. The molecule has 2 aromatic rings. The molecule has 0 saturated heterocycles. The molecule has 0 aliphatic heterocycles. The van der Waals surface area contributed by atoms with Crippen LogP contribution >= 0.6 is 0 Å². The highest BCUT2D eigenvalue weighted by Gasteiger charge is 2.15. The van der Waals surface area contributed by atoms with Crippen molar-refractivity contribution in [2.75, 3.05) is 6.61 Å². The van der Waals surface area contributed by atoms with Crippen LogP contribution in [0.5, 0.6) is 0 Å². The van der Waals surface area contributed by atoms with Gasteiger partial charge in [0.05, 0.1) is 6.61 Å². The predicted octanol–water partition coefficient (Wildman–Crippen LogP) is 2.36. The Hall–Kier alpha value is -2.27. The van der Waals surface area contributed by atoms with Gasteiger partial charge >= 0.3 is 0 Å². The average molecular weight is 345 g/mol. The number of aromatic nitrogens is 1. The first kappa shape index (κ1) is 18.1. The first-order valence-electron chi connectivity index (χ1n) is 7.57. The Kier molecular flexibility index (Phi) is 6.44. The first-order valence-corrected chi connectivity index (χ1v) is 9.05.